The van der Waals surface area contributed by atoms with Crippen molar-refractivity contribution >= 4 is 90.0 Å². The van der Waals surface area contributed by atoms with Gasteiger partial charge in [0.25, 0.3) is 22.2 Å². The molecule has 492 valence electrons. The number of para-hydroxylation sites is 4. The predicted molar refractivity (Wildman–Crippen MR) is 405 cm³/mol. The van der Waals surface area contributed by atoms with Gasteiger partial charge in [-0.05, 0) is 95.9 Å². The summed E-state index contributed by atoms with van der Waals surface area (Å²) in [4.78, 5) is 89.5. The number of hydrogen-bond donors (Lipinski definition) is 1. The minimum Gasteiger partial charge on any atom is -0.337 e. The second-order valence-electron chi connectivity index (χ2n) is 24.2. The molecule has 13 aromatic rings. The molecule has 0 radical (unpaired) electrons. The van der Waals surface area contributed by atoms with E-state index in [2.05, 4.69) is 102 Å². The van der Waals surface area contributed by atoms with E-state index in [9.17, 15) is 19.2 Å². The van der Waals surface area contributed by atoms with Crippen LogP contribution in [0.4, 0.5) is 0 Å². The maximum absolute atomic E-state index is 12.5. The average molecular weight is 1310 g/mol. The number of rotatable bonds is 14. The van der Waals surface area contributed by atoms with E-state index in [4.69, 9.17) is 9.98 Å². The fourth-order valence-electron chi connectivity index (χ4n) is 11.9. The summed E-state index contributed by atoms with van der Waals surface area (Å²) in [5.74, 6) is 3.71. The maximum Gasteiger partial charge on any atom is 0.261 e. The number of nitrogens with one attached hydrogen (secondary N) is 1. The zero-order chi connectivity index (χ0) is 68.9. The van der Waals surface area contributed by atoms with Gasteiger partial charge in [-0.3, -0.25) is 47.9 Å². The normalized spacial score (nSPS) is 13.3. The summed E-state index contributed by atoms with van der Waals surface area (Å²) in [6.07, 6.45) is 21.3. The topological polar surface area (TPSA) is 205 Å². The van der Waals surface area contributed by atoms with Crippen LogP contribution in [0.1, 0.15) is 71.5 Å². The minimum atomic E-state index is -0.0922. The molecule has 0 saturated carbocycles. The van der Waals surface area contributed by atoms with Gasteiger partial charge in [0.1, 0.15) is 29.1 Å². The Morgan fingerprint density at radius 1 is 0.360 bits per heavy atom. The zero-order valence-corrected chi connectivity index (χ0v) is 55.9. The van der Waals surface area contributed by atoms with Gasteiger partial charge in [-0.1, -0.05) is 188 Å². The zero-order valence-electron chi connectivity index (χ0n) is 55.9. The molecule has 0 unspecified atom stereocenters. The summed E-state index contributed by atoms with van der Waals surface area (Å²) < 4.78 is 6.82. The van der Waals surface area contributed by atoms with E-state index in [-0.39, 0.29) is 22.2 Å². The number of imidazole rings is 1. The first kappa shape index (κ1) is 65.9. The van der Waals surface area contributed by atoms with Crippen molar-refractivity contribution in [2.45, 2.75) is 44.9 Å². The number of hydrogen-bond acceptors (Lipinski definition) is 12. The summed E-state index contributed by atoms with van der Waals surface area (Å²) in [7, 11) is 7.27. The maximum atomic E-state index is 12.5. The summed E-state index contributed by atoms with van der Waals surface area (Å²) >= 11 is 0. The summed E-state index contributed by atoms with van der Waals surface area (Å²) in [6, 6.07) is 70.2. The number of H-pyrrole nitrogens is 1. The van der Waals surface area contributed by atoms with E-state index >= 15 is 0 Å². The lowest BCUT2D eigenvalue weighted by atomic mass is 10.1. The highest BCUT2D eigenvalue weighted by Crippen LogP contribution is 2.27. The van der Waals surface area contributed by atoms with Gasteiger partial charge in [-0.25, -0.2) is 24.9 Å². The molecule has 100 heavy (non-hydrogen) atoms. The second kappa shape index (κ2) is 30.5. The van der Waals surface area contributed by atoms with E-state index < -0.39 is 0 Å². The first-order chi connectivity index (χ1) is 48.9. The highest BCUT2D eigenvalue weighted by Gasteiger charge is 2.16. The van der Waals surface area contributed by atoms with Crippen LogP contribution >= 0.6 is 0 Å². The largest absolute Gasteiger partial charge is 0.337 e. The van der Waals surface area contributed by atoms with Crippen LogP contribution < -0.4 is 22.2 Å². The van der Waals surface area contributed by atoms with Crippen LogP contribution in [-0.4, -0.2) is 65.3 Å². The molecule has 17 nitrogen and oxygen atoms in total. The number of aliphatic imine (C=N–C) groups is 3. The highest BCUT2D eigenvalue weighted by atomic mass is 16.1. The monoisotopic (exact) mass is 1310 g/mol. The molecule has 16 rings (SSSR count). The Bertz CT molecular complexity index is 5540. The molecule has 8 heterocycles. The molecule has 0 amide bonds. The molecule has 0 aliphatic carbocycles. The second-order valence-corrected chi connectivity index (χ2v) is 24.2. The van der Waals surface area contributed by atoms with Crippen LogP contribution in [0, 0.1) is 0 Å². The van der Waals surface area contributed by atoms with Crippen molar-refractivity contribution in [3.63, 3.8) is 0 Å². The van der Waals surface area contributed by atoms with Gasteiger partial charge in [0.05, 0.1) is 66.4 Å². The number of aryl methyl sites for hydroxylation is 4. The molecule has 1 N–H and O–H groups in total. The number of fused-ring (bicyclic) bond motifs is 4. The standard InChI is InChI=1S/C21H19N3O.2C21H17N3O.C20H18N4O/c3*1-24-20(23-19-10-6-5-9-17(19)21(24)25)14-12-16-11-13-18(22-16)15-7-3-2-4-8-15;1-24-13-17(14-7-3-2-4-8-14)22-19(24)12-11-18-21-16-10-6-5-9-15(16)20(25)23-18/h2-10,13H,11-12,14H2,1H3;2*2-10,12-14H,11H2,1H3;2-10,13H,11-12H2,1H3,(H,21,23,25)/b;14-12+;;. The van der Waals surface area contributed by atoms with Crippen molar-refractivity contribution in [2.75, 3.05) is 0 Å². The molecular formula is C83H71N13O4. The fraction of sp³-hybridized carbons (Fsp3) is 0.133. The van der Waals surface area contributed by atoms with E-state index in [0.29, 0.717) is 69.3 Å². The lowest BCUT2D eigenvalue weighted by molar-refractivity contribution is 0.738. The highest BCUT2D eigenvalue weighted by molar-refractivity contribution is 6.06. The third-order valence-electron chi connectivity index (χ3n) is 17.4. The third-order valence-corrected chi connectivity index (χ3v) is 17.4. The Morgan fingerprint density at radius 3 is 1.24 bits per heavy atom. The molecule has 0 atom stereocenters. The lowest BCUT2D eigenvalue weighted by Gasteiger charge is -2.09. The third kappa shape index (κ3) is 15.4. The number of benzene rings is 8. The Labute approximate surface area is 576 Å². The average Bonchev–Trinajstić information content (AvgIpc) is 0.941. The van der Waals surface area contributed by atoms with Crippen molar-refractivity contribution in [2.24, 2.45) is 43.2 Å². The predicted octanol–water partition coefficient (Wildman–Crippen LogP) is 14.5. The van der Waals surface area contributed by atoms with Crippen molar-refractivity contribution in [1.29, 1.82) is 0 Å². The molecule has 3 aliphatic rings. The van der Waals surface area contributed by atoms with Gasteiger partial charge in [-0.15, -0.1) is 0 Å². The lowest BCUT2D eigenvalue weighted by Crippen LogP contribution is -2.22. The number of allylic oxidation sites excluding steroid dienone is 5. The molecular weight excluding hydrogens is 1240 g/mol. The molecule has 8 aromatic carbocycles. The smallest absolute Gasteiger partial charge is 0.261 e. The van der Waals surface area contributed by atoms with Crippen molar-refractivity contribution in [3.8, 4) is 11.3 Å². The van der Waals surface area contributed by atoms with Gasteiger partial charge in [-0.2, -0.15) is 0 Å². The Hall–Kier alpha value is -12.8. The summed E-state index contributed by atoms with van der Waals surface area (Å²) in [5.41, 5.74) is 14.2. The van der Waals surface area contributed by atoms with Crippen molar-refractivity contribution < 1.29 is 0 Å². The first-order valence-electron chi connectivity index (χ1n) is 33.1. The Balaban J connectivity index is 0.000000119. The summed E-state index contributed by atoms with van der Waals surface area (Å²) in [6.45, 7) is 0. The Kier molecular flexibility index (Phi) is 20.1. The van der Waals surface area contributed by atoms with Crippen LogP contribution in [0.5, 0.6) is 0 Å². The van der Waals surface area contributed by atoms with Gasteiger partial charge < -0.3 is 9.55 Å². The number of nitrogens with zero attached hydrogens (tertiary/aromatic N) is 12. The molecule has 0 bridgehead atoms. The molecule has 0 spiro atoms. The fourth-order valence-corrected chi connectivity index (χ4v) is 11.9. The van der Waals surface area contributed by atoms with E-state index in [1.165, 1.54) is 0 Å². The SMILES string of the molecule is Cn1c(/C=C/C2=NC(c3ccccc3)=CC2)nc2ccccc2c1=O.Cn1c(C=CC2=NC(c3ccccc3)=CC2)nc2ccccc2c1=O.Cn1c(CCC2=NC(c3ccccc3)=CC2)nc2ccccc2c1=O.Cn1cc(-c2ccccc2)nc1CCc1nc2ccccc2c(=O)[nH]1. The van der Waals surface area contributed by atoms with Gasteiger partial charge in [0.15, 0.2) is 0 Å². The number of aromatic amines is 1. The molecule has 0 fully saturated rings. The van der Waals surface area contributed by atoms with Crippen molar-refractivity contribution in [1.82, 2.24) is 48.2 Å². The summed E-state index contributed by atoms with van der Waals surface area (Å²) in [5, 5.41) is 2.55. The molecule has 0 saturated heterocycles. The van der Waals surface area contributed by atoms with Crippen LogP contribution in [0.15, 0.2) is 289 Å². The molecule has 17 heteroatoms. The van der Waals surface area contributed by atoms with Crippen LogP contribution in [0.2, 0.25) is 0 Å². The van der Waals surface area contributed by atoms with E-state index in [1.54, 1.807) is 53.0 Å². The first-order valence-corrected chi connectivity index (χ1v) is 33.1. The van der Waals surface area contributed by atoms with E-state index in [1.807, 2.05) is 194 Å². The van der Waals surface area contributed by atoms with Gasteiger partial charge >= 0.3 is 0 Å². The van der Waals surface area contributed by atoms with Gasteiger partial charge in [0, 0.05) is 95.6 Å². The minimum absolute atomic E-state index is 0.0112. The quantitative estimate of drug-likeness (QED) is 0.110. The van der Waals surface area contributed by atoms with Crippen LogP contribution in [0.25, 0.3) is 84.1 Å². The Morgan fingerprint density at radius 2 is 0.750 bits per heavy atom. The van der Waals surface area contributed by atoms with Gasteiger partial charge in [0.2, 0.25) is 0 Å². The molecule has 3 aliphatic heterocycles. The van der Waals surface area contributed by atoms with E-state index in [0.717, 1.165) is 111 Å². The molecule has 5 aromatic heterocycles. The van der Waals surface area contributed by atoms with Crippen LogP contribution in [0.3, 0.4) is 0 Å². The number of aromatic nitrogens is 10. The van der Waals surface area contributed by atoms with Crippen LogP contribution in [-0.2, 0) is 47.5 Å². The van der Waals surface area contributed by atoms with Crippen molar-refractivity contribution in [3.05, 3.63) is 342 Å².